The Morgan fingerprint density at radius 3 is 2.74 bits per heavy atom. The smallest absolute Gasteiger partial charge is 0.122 e. The lowest BCUT2D eigenvalue weighted by molar-refractivity contribution is 0.236. The summed E-state index contributed by atoms with van der Waals surface area (Å²) in [5.74, 6) is 1.04. The molecule has 0 saturated carbocycles. The Balaban J connectivity index is 1.76. The van der Waals surface area contributed by atoms with Crippen LogP contribution < -0.4 is 10.1 Å². The molecule has 106 valence electrons. The molecule has 1 fully saturated rings. The molecule has 3 nitrogen and oxygen atoms in total. The SMILES string of the molecule is COc1cccc(C)c1CCCCN1CCNCC1. The fourth-order valence-electron chi connectivity index (χ4n) is 2.76. The van der Waals surface area contributed by atoms with Gasteiger partial charge in [-0.15, -0.1) is 0 Å². The van der Waals surface area contributed by atoms with E-state index in [1.165, 1.54) is 43.6 Å². The van der Waals surface area contributed by atoms with E-state index in [0.29, 0.717) is 0 Å². The van der Waals surface area contributed by atoms with Gasteiger partial charge in [0.1, 0.15) is 5.75 Å². The molecule has 0 aromatic heterocycles. The molecule has 0 amide bonds. The number of rotatable bonds is 6. The Morgan fingerprint density at radius 2 is 2.00 bits per heavy atom. The van der Waals surface area contributed by atoms with Gasteiger partial charge in [0.25, 0.3) is 0 Å². The van der Waals surface area contributed by atoms with E-state index in [-0.39, 0.29) is 0 Å². The van der Waals surface area contributed by atoms with Gasteiger partial charge in [0.05, 0.1) is 7.11 Å². The van der Waals surface area contributed by atoms with Crippen LogP contribution in [0.5, 0.6) is 5.75 Å². The summed E-state index contributed by atoms with van der Waals surface area (Å²) in [6.07, 6.45) is 3.64. The highest BCUT2D eigenvalue weighted by atomic mass is 16.5. The number of methoxy groups -OCH3 is 1. The van der Waals surface area contributed by atoms with Crippen molar-refractivity contribution in [2.24, 2.45) is 0 Å². The van der Waals surface area contributed by atoms with Gasteiger partial charge in [-0.25, -0.2) is 0 Å². The molecule has 0 atom stereocenters. The average molecular weight is 262 g/mol. The van der Waals surface area contributed by atoms with Crippen molar-refractivity contribution in [3.8, 4) is 5.75 Å². The van der Waals surface area contributed by atoms with Crippen LogP contribution in [0.1, 0.15) is 24.0 Å². The van der Waals surface area contributed by atoms with Gasteiger partial charge in [-0.05, 0) is 49.9 Å². The molecule has 3 heteroatoms. The van der Waals surface area contributed by atoms with Crippen molar-refractivity contribution < 1.29 is 4.74 Å². The first-order chi connectivity index (χ1) is 9.31. The number of ether oxygens (including phenoxy) is 1. The van der Waals surface area contributed by atoms with Crippen molar-refractivity contribution in [2.75, 3.05) is 39.8 Å². The highest BCUT2D eigenvalue weighted by Gasteiger charge is 2.09. The molecule has 2 rings (SSSR count). The first-order valence-corrected chi connectivity index (χ1v) is 7.37. The number of hydrogen-bond donors (Lipinski definition) is 1. The van der Waals surface area contributed by atoms with Crippen molar-refractivity contribution in [1.29, 1.82) is 0 Å². The minimum absolute atomic E-state index is 1.04. The number of benzene rings is 1. The fraction of sp³-hybridized carbons (Fsp3) is 0.625. The topological polar surface area (TPSA) is 24.5 Å². The quantitative estimate of drug-likeness (QED) is 0.796. The minimum Gasteiger partial charge on any atom is -0.496 e. The lowest BCUT2D eigenvalue weighted by Gasteiger charge is -2.27. The van der Waals surface area contributed by atoms with Crippen LogP contribution in [0.15, 0.2) is 18.2 Å². The first-order valence-electron chi connectivity index (χ1n) is 7.37. The van der Waals surface area contributed by atoms with E-state index in [4.69, 9.17) is 4.74 Å². The molecular formula is C16H26N2O. The van der Waals surface area contributed by atoms with Gasteiger partial charge in [-0.3, -0.25) is 0 Å². The molecule has 1 aromatic rings. The molecule has 1 aliphatic rings. The maximum absolute atomic E-state index is 5.45. The molecule has 0 aliphatic carbocycles. The molecule has 19 heavy (non-hydrogen) atoms. The summed E-state index contributed by atoms with van der Waals surface area (Å²) in [7, 11) is 1.76. The van der Waals surface area contributed by atoms with Gasteiger partial charge >= 0.3 is 0 Å². The number of nitrogens with one attached hydrogen (secondary N) is 1. The van der Waals surface area contributed by atoms with Crippen LogP contribution >= 0.6 is 0 Å². The Hall–Kier alpha value is -1.06. The molecule has 1 aromatic carbocycles. The Morgan fingerprint density at radius 1 is 1.21 bits per heavy atom. The van der Waals surface area contributed by atoms with Gasteiger partial charge < -0.3 is 15.0 Å². The number of aryl methyl sites for hydroxylation is 1. The second-order valence-corrected chi connectivity index (χ2v) is 5.30. The van der Waals surface area contributed by atoms with Crippen molar-refractivity contribution >= 4 is 0 Å². The maximum atomic E-state index is 5.45. The summed E-state index contributed by atoms with van der Waals surface area (Å²) in [5.41, 5.74) is 2.73. The maximum Gasteiger partial charge on any atom is 0.122 e. The fourth-order valence-corrected chi connectivity index (χ4v) is 2.76. The van der Waals surface area contributed by atoms with Crippen molar-refractivity contribution in [2.45, 2.75) is 26.2 Å². The monoisotopic (exact) mass is 262 g/mol. The van der Waals surface area contributed by atoms with E-state index in [9.17, 15) is 0 Å². The van der Waals surface area contributed by atoms with Crippen LogP contribution in [-0.2, 0) is 6.42 Å². The summed E-state index contributed by atoms with van der Waals surface area (Å²) >= 11 is 0. The summed E-state index contributed by atoms with van der Waals surface area (Å²) < 4.78 is 5.45. The second kappa shape index (κ2) is 7.51. The molecule has 0 spiro atoms. The zero-order valence-electron chi connectivity index (χ0n) is 12.2. The van der Waals surface area contributed by atoms with E-state index in [0.717, 1.165) is 25.3 Å². The second-order valence-electron chi connectivity index (χ2n) is 5.30. The predicted octanol–water partition coefficient (Wildman–Crippen LogP) is 2.23. The van der Waals surface area contributed by atoms with E-state index in [2.05, 4.69) is 35.3 Å². The van der Waals surface area contributed by atoms with Crippen LogP contribution in [0.4, 0.5) is 0 Å². The molecule has 0 radical (unpaired) electrons. The highest BCUT2D eigenvalue weighted by molar-refractivity contribution is 5.39. The van der Waals surface area contributed by atoms with Crippen molar-refractivity contribution in [3.63, 3.8) is 0 Å². The number of unbranched alkanes of at least 4 members (excludes halogenated alkanes) is 1. The summed E-state index contributed by atoms with van der Waals surface area (Å²) in [5, 5.41) is 3.40. The molecule has 1 N–H and O–H groups in total. The van der Waals surface area contributed by atoms with Gasteiger partial charge in [0, 0.05) is 26.2 Å². The molecule has 1 aliphatic heterocycles. The summed E-state index contributed by atoms with van der Waals surface area (Å²) in [6, 6.07) is 6.31. The van der Waals surface area contributed by atoms with Crippen LogP contribution in [-0.4, -0.2) is 44.7 Å². The predicted molar refractivity (Wildman–Crippen MR) is 80.0 cm³/mol. The Labute approximate surface area is 116 Å². The van der Waals surface area contributed by atoms with Crippen LogP contribution in [0.25, 0.3) is 0 Å². The minimum atomic E-state index is 1.04. The lowest BCUT2D eigenvalue weighted by atomic mass is 10.0. The molecular weight excluding hydrogens is 236 g/mol. The van der Waals surface area contributed by atoms with Crippen molar-refractivity contribution in [1.82, 2.24) is 10.2 Å². The van der Waals surface area contributed by atoms with Gasteiger partial charge in [-0.1, -0.05) is 12.1 Å². The largest absolute Gasteiger partial charge is 0.496 e. The zero-order valence-corrected chi connectivity index (χ0v) is 12.2. The molecule has 1 saturated heterocycles. The van der Waals surface area contributed by atoms with Gasteiger partial charge in [0.15, 0.2) is 0 Å². The lowest BCUT2D eigenvalue weighted by Crippen LogP contribution is -2.43. The standard InChI is InChI=1S/C16H26N2O/c1-14-6-5-8-16(19-2)15(14)7-3-4-11-18-12-9-17-10-13-18/h5-6,8,17H,3-4,7,9-13H2,1-2H3. The van der Waals surface area contributed by atoms with E-state index >= 15 is 0 Å². The normalized spacial score (nSPS) is 16.5. The Kier molecular flexibility index (Phi) is 5.67. The molecule has 0 bridgehead atoms. The van der Waals surface area contributed by atoms with Gasteiger partial charge in [0.2, 0.25) is 0 Å². The first kappa shape index (κ1) is 14.4. The zero-order chi connectivity index (χ0) is 13.5. The summed E-state index contributed by atoms with van der Waals surface area (Å²) in [4.78, 5) is 2.56. The Bertz CT molecular complexity index is 386. The third-order valence-electron chi connectivity index (χ3n) is 3.95. The van der Waals surface area contributed by atoms with Crippen LogP contribution in [0.3, 0.4) is 0 Å². The molecule has 1 heterocycles. The molecule has 0 unspecified atom stereocenters. The van der Waals surface area contributed by atoms with Crippen LogP contribution in [0.2, 0.25) is 0 Å². The van der Waals surface area contributed by atoms with E-state index in [1.54, 1.807) is 7.11 Å². The number of hydrogen-bond acceptors (Lipinski definition) is 3. The van der Waals surface area contributed by atoms with E-state index in [1.807, 2.05) is 0 Å². The number of piperazine rings is 1. The highest BCUT2D eigenvalue weighted by Crippen LogP contribution is 2.23. The third kappa shape index (κ3) is 4.22. The van der Waals surface area contributed by atoms with E-state index < -0.39 is 0 Å². The number of nitrogens with zero attached hydrogens (tertiary/aromatic N) is 1. The average Bonchev–Trinajstić information content (AvgIpc) is 2.46. The van der Waals surface area contributed by atoms with Gasteiger partial charge in [-0.2, -0.15) is 0 Å². The summed E-state index contributed by atoms with van der Waals surface area (Å²) in [6.45, 7) is 8.10. The third-order valence-corrected chi connectivity index (χ3v) is 3.95. The van der Waals surface area contributed by atoms with Crippen LogP contribution in [0, 0.1) is 6.92 Å². The van der Waals surface area contributed by atoms with Crippen molar-refractivity contribution in [3.05, 3.63) is 29.3 Å².